The fourth-order valence-corrected chi connectivity index (χ4v) is 2.83. The summed E-state index contributed by atoms with van der Waals surface area (Å²) in [6.45, 7) is 4.65. The van der Waals surface area contributed by atoms with Gasteiger partial charge in [-0.05, 0) is 26.0 Å². The van der Waals surface area contributed by atoms with Gasteiger partial charge < -0.3 is 14.2 Å². The van der Waals surface area contributed by atoms with Crippen molar-refractivity contribution in [3.05, 3.63) is 33.8 Å². The number of carbonyl (C=O) groups excluding carboxylic acids is 2. The maximum absolute atomic E-state index is 12.2. The molecule has 0 spiro atoms. The highest BCUT2D eigenvalue weighted by Crippen LogP contribution is 2.38. The Bertz CT molecular complexity index is 767. The van der Waals surface area contributed by atoms with E-state index in [-0.39, 0.29) is 27.2 Å². The molecule has 2 aromatic rings. The third-order valence-corrected chi connectivity index (χ3v) is 4.18. The van der Waals surface area contributed by atoms with E-state index >= 15 is 0 Å². The Morgan fingerprint density at radius 3 is 2.36 bits per heavy atom. The van der Waals surface area contributed by atoms with Crippen molar-refractivity contribution in [3.8, 4) is 11.3 Å². The van der Waals surface area contributed by atoms with Crippen molar-refractivity contribution in [1.82, 2.24) is 10.1 Å². The van der Waals surface area contributed by atoms with Gasteiger partial charge in [0, 0.05) is 18.7 Å². The number of rotatable bonds is 5. The summed E-state index contributed by atoms with van der Waals surface area (Å²) >= 11 is 12.4. The Balaban J connectivity index is 2.52. The summed E-state index contributed by atoms with van der Waals surface area (Å²) in [5, 5.41) is 6.96. The molecular weight excluding hydrogens is 369 g/mol. The highest BCUT2D eigenvalue weighted by Gasteiger charge is 2.29. The molecule has 0 fully saturated rings. The summed E-state index contributed by atoms with van der Waals surface area (Å²) in [5.41, 5.74) is 0.355. The number of carbonyl (C=O) groups is 2. The number of methoxy groups -OCH3 is 1. The van der Waals surface area contributed by atoms with Crippen molar-refractivity contribution in [3.63, 3.8) is 0 Å². The third kappa shape index (κ3) is 3.88. The first-order valence-electron chi connectivity index (χ1n) is 7.52. The molecule has 7 nitrogen and oxygen atoms in total. The molecule has 0 bridgehead atoms. The summed E-state index contributed by atoms with van der Waals surface area (Å²) in [6.07, 6.45) is 0. The maximum atomic E-state index is 12.2. The third-order valence-electron chi connectivity index (χ3n) is 3.55. The van der Waals surface area contributed by atoms with E-state index in [1.807, 2.05) is 13.8 Å². The molecule has 0 unspecified atom stereocenters. The molecule has 2 amide bonds. The molecule has 0 atom stereocenters. The van der Waals surface area contributed by atoms with Crippen molar-refractivity contribution in [1.29, 1.82) is 0 Å². The van der Waals surface area contributed by atoms with Gasteiger partial charge in [-0.25, -0.2) is 9.59 Å². The number of esters is 1. The van der Waals surface area contributed by atoms with E-state index in [4.69, 9.17) is 32.5 Å². The molecule has 1 aromatic heterocycles. The first-order valence-corrected chi connectivity index (χ1v) is 8.28. The van der Waals surface area contributed by atoms with Crippen LogP contribution in [-0.2, 0) is 4.74 Å². The summed E-state index contributed by atoms with van der Waals surface area (Å²) in [4.78, 5) is 26.0. The lowest BCUT2D eigenvalue weighted by Gasteiger charge is -2.18. The molecular formula is C16H17Cl2N3O4. The number of hydrogen-bond acceptors (Lipinski definition) is 5. The van der Waals surface area contributed by atoms with Gasteiger partial charge in [-0.15, -0.1) is 0 Å². The van der Waals surface area contributed by atoms with Crippen molar-refractivity contribution in [2.24, 2.45) is 0 Å². The van der Waals surface area contributed by atoms with E-state index in [0.717, 1.165) is 0 Å². The van der Waals surface area contributed by atoms with Crippen LogP contribution in [0, 0.1) is 0 Å². The van der Waals surface area contributed by atoms with Gasteiger partial charge in [0.2, 0.25) is 5.88 Å². The molecule has 0 aliphatic rings. The second-order valence-corrected chi connectivity index (χ2v) is 5.74. The van der Waals surface area contributed by atoms with Crippen LogP contribution >= 0.6 is 23.2 Å². The zero-order valence-electron chi connectivity index (χ0n) is 13.9. The highest BCUT2D eigenvalue weighted by atomic mass is 35.5. The molecule has 1 aromatic carbocycles. The molecule has 0 saturated carbocycles. The number of nitrogens with zero attached hydrogens (tertiary/aromatic N) is 2. The quantitative estimate of drug-likeness (QED) is 0.775. The number of halogens is 2. The van der Waals surface area contributed by atoms with E-state index in [9.17, 15) is 9.59 Å². The summed E-state index contributed by atoms with van der Waals surface area (Å²) in [7, 11) is 1.21. The standard InChI is InChI=1S/C16H17Cl2N3O4/c1-4-21(5-2)16(23)19-14-12(15(22)24-3)13(20-25-14)11-9(17)7-6-8-10(11)18/h6-8H,4-5H2,1-3H3,(H,19,23). The molecule has 25 heavy (non-hydrogen) atoms. The monoisotopic (exact) mass is 385 g/mol. The minimum Gasteiger partial charge on any atom is -0.465 e. The predicted octanol–water partition coefficient (Wildman–Crippen LogP) is 4.31. The Hall–Kier alpha value is -2.25. The lowest BCUT2D eigenvalue weighted by molar-refractivity contribution is 0.0602. The molecule has 0 radical (unpaired) electrons. The van der Waals surface area contributed by atoms with Crippen LogP contribution in [0.1, 0.15) is 24.2 Å². The molecule has 134 valence electrons. The van der Waals surface area contributed by atoms with Gasteiger partial charge in [0.25, 0.3) is 0 Å². The number of ether oxygens (including phenoxy) is 1. The van der Waals surface area contributed by atoms with Crippen LogP contribution in [0.4, 0.5) is 10.7 Å². The van der Waals surface area contributed by atoms with Gasteiger partial charge in [-0.1, -0.05) is 34.4 Å². The van der Waals surface area contributed by atoms with Crippen LogP contribution in [0.2, 0.25) is 10.0 Å². The van der Waals surface area contributed by atoms with Crippen LogP contribution < -0.4 is 5.32 Å². The SMILES string of the molecule is CCN(CC)C(=O)Nc1onc(-c2c(Cl)cccc2Cl)c1C(=O)OC. The van der Waals surface area contributed by atoms with E-state index in [1.165, 1.54) is 12.0 Å². The molecule has 9 heteroatoms. The van der Waals surface area contributed by atoms with Crippen molar-refractivity contribution in [2.75, 3.05) is 25.5 Å². The summed E-state index contributed by atoms with van der Waals surface area (Å²) in [5.74, 6) is -0.864. The zero-order chi connectivity index (χ0) is 18.6. The number of aromatic nitrogens is 1. The smallest absolute Gasteiger partial charge is 0.345 e. The summed E-state index contributed by atoms with van der Waals surface area (Å²) in [6, 6.07) is 4.44. The van der Waals surface area contributed by atoms with Crippen LogP contribution in [0.5, 0.6) is 0 Å². The van der Waals surface area contributed by atoms with Gasteiger partial charge in [-0.2, -0.15) is 0 Å². The predicted molar refractivity (Wildman–Crippen MR) is 95.2 cm³/mol. The Morgan fingerprint density at radius 1 is 1.24 bits per heavy atom. The second kappa shape index (κ2) is 8.22. The topological polar surface area (TPSA) is 84.7 Å². The average molecular weight is 386 g/mol. The van der Waals surface area contributed by atoms with E-state index < -0.39 is 12.0 Å². The van der Waals surface area contributed by atoms with Crippen molar-refractivity contribution in [2.45, 2.75) is 13.8 Å². The second-order valence-electron chi connectivity index (χ2n) is 4.93. The lowest BCUT2D eigenvalue weighted by Crippen LogP contribution is -2.34. The minimum atomic E-state index is -0.734. The Labute approximate surface area is 154 Å². The van der Waals surface area contributed by atoms with Crippen LogP contribution in [0.15, 0.2) is 22.7 Å². The Morgan fingerprint density at radius 2 is 1.84 bits per heavy atom. The Kier molecular flexibility index (Phi) is 6.27. The fraction of sp³-hybridized carbons (Fsp3) is 0.312. The van der Waals surface area contributed by atoms with Crippen molar-refractivity contribution < 1.29 is 18.8 Å². The largest absolute Gasteiger partial charge is 0.465 e. The molecule has 0 aliphatic carbocycles. The molecule has 1 heterocycles. The van der Waals surface area contributed by atoms with Crippen LogP contribution in [0.25, 0.3) is 11.3 Å². The first kappa shape index (κ1) is 19.1. The number of benzene rings is 1. The lowest BCUT2D eigenvalue weighted by atomic mass is 10.1. The number of hydrogen-bond donors (Lipinski definition) is 1. The van der Waals surface area contributed by atoms with E-state index in [2.05, 4.69) is 10.5 Å². The number of amides is 2. The normalized spacial score (nSPS) is 10.4. The van der Waals surface area contributed by atoms with Crippen LogP contribution in [0.3, 0.4) is 0 Å². The van der Waals surface area contributed by atoms with E-state index in [0.29, 0.717) is 18.7 Å². The zero-order valence-corrected chi connectivity index (χ0v) is 15.4. The molecule has 1 N–H and O–H groups in total. The van der Waals surface area contributed by atoms with Gasteiger partial charge in [0.15, 0.2) is 5.56 Å². The van der Waals surface area contributed by atoms with E-state index in [1.54, 1.807) is 18.2 Å². The van der Waals surface area contributed by atoms with Gasteiger partial charge in [0.05, 0.1) is 17.2 Å². The molecule has 2 rings (SSSR count). The van der Waals surface area contributed by atoms with Gasteiger partial charge in [-0.3, -0.25) is 5.32 Å². The number of anilines is 1. The summed E-state index contributed by atoms with van der Waals surface area (Å²) < 4.78 is 9.95. The molecule has 0 saturated heterocycles. The minimum absolute atomic E-state index is 0.0574. The maximum Gasteiger partial charge on any atom is 0.345 e. The highest BCUT2D eigenvalue weighted by molar-refractivity contribution is 6.39. The first-order chi connectivity index (χ1) is 11.9. The van der Waals surface area contributed by atoms with Crippen LogP contribution in [-0.4, -0.2) is 42.3 Å². The van der Waals surface area contributed by atoms with Gasteiger partial charge >= 0.3 is 12.0 Å². The van der Waals surface area contributed by atoms with Crippen molar-refractivity contribution >= 4 is 41.1 Å². The van der Waals surface area contributed by atoms with Gasteiger partial charge in [0.1, 0.15) is 5.69 Å². The fourth-order valence-electron chi connectivity index (χ4n) is 2.25. The number of nitrogens with one attached hydrogen (secondary N) is 1. The average Bonchev–Trinajstić information content (AvgIpc) is 2.98. The molecule has 0 aliphatic heterocycles. The number of urea groups is 1.